The number of carbonyl (C=O) groups is 2. The molecule has 0 spiro atoms. The molecule has 28 heavy (non-hydrogen) atoms. The maximum absolute atomic E-state index is 12.8. The fraction of sp³-hybridized carbons (Fsp3) is 0.0476. The number of hydrogen-bond donors (Lipinski definition) is 2. The molecule has 0 fully saturated rings. The summed E-state index contributed by atoms with van der Waals surface area (Å²) in [6, 6.07) is 19.2. The van der Waals surface area contributed by atoms with Crippen molar-refractivity contribution >= 4 is 27.5 Å². The number of hydrogen-bond acceptors (Lipinski definition) is 4. The maximum Gasteiger partial charge on any atom is 0.337 e. The van der Waals surface area contributed by atoms with Gasteiger partial charge in [-0.25, -0.2) is 13.2 Å². The topological polar surface area (TPSA) is 101 Å². The zero-order valence-electron chi connectivity index (χ0n) is 14.9. The summed E-state index contributed by atoms with van der Waals surface area (Å²) in [6.45, 7) is 1.34. The molecule has 3 rings (SSSR count). The van der Waals surface area contributed by atoms with Crippen molar-refractivity contribution in [3.63, 3.8) is 0 Å². The fourth-order valence-electron chi connectivity index (χ4n) is 2.71. The normalized spacial score (nSPS) is 11.0. The molecule has 142 valence electrons. The van der Waals surface area contributed by atoms with Gasteiger partial charge in [-0.05, 0) is 42.3 Å². The highest BCUT2D eigenvalue weighted by molar-refractivity contribution is 7.92. The van der Waals surface area contributed by atoms with Gasteiger partial charge in [0.25, 0.3) is 10.0 Å². The van der Waals surface area contributed by atoms with Gasteiger partial charge in [-0.3, -0.25) is 9.52 Å². The Kier molecular flexibility index (Phi) is 5.28. The first-order valence-corrected chi connectivity index (χ1v) is 9.83. The van der Waals surface area contributed by atoms with Crippen LogP contribution in [-0.4, -0.2) is 25.3 Å². The lowest BCUT2D eigenvalue weighted by Gasteiger charge is -2.13. The summed E-state index contributed by atoms with van der Waals surface area (Å²) in [4.78, 5) is 23.0. The van der Waals surface area contributed by atoms with Gasteiger partial charge in [0, 0.05) is 5.56 Å². The molecule has 0 radical (unpaired) electrons. The van der Waals surface area contributed by atoms with E-state index in [1.165, 1.54) is 43.3 Å². The molecule has 0 saturated heterocycles. The van der Waals surface area contributed by atoms with Crippen LogP contribution in [0.1, 0.15) is 27.6 Å². The molecule has 6 nitrogen and oxygen atoms in total. The van der Waals surface area contributed by atoms with E-state index >= 15 is 0 Å². The first kappa shape index (κ1) is 19.3. The Morgan fingerprint density at radius 3 is 2.21 bits per heavy atom. The molecule has 0 unspecified atom stereocenters. The molecule has 0 aromatic heterocycles. The number of rotatable bonds is 6. The first-order chi connectivity index (χ1) is 13.3. The van der Waals surface area contributed by atoms with E-state index in [9.17, 15) is 23.1 Å². The maximum atomic E-state index is 12.8. The Balaban J connectivity index is 2.05. The van der Waals surface area contributed by atoms with E-state index in [0.29, 0.717) is 5.56 Å². The Morgan fingerprint density at radius 1 is 0.857 bits per heavy atom. The van der Waals surface area contributed by atoms with Crippen molar-refractivity contribution < 1.29 is 23.1 Å². The number of Topliss-reactive ketones (excluding diaryl/α,β-unsaturated/α-hetero) is 1. The molecule has 0 atom stereocenters. The second kappa shape index (κ2) is 7.66. The molecule has 0 amide bonds. The van der Waals surface area contributed by atoms with Crippen LogP contribution in [0.2, 0.25) is 0 Å². The van der Waals surface area contributed by atoms with Crippen LogP contribution >= 0.6 is 0 Å². The number of ketones is 1. The summed E-state index contributed by atoms with van der Waals surface area (Å²) in [5.41, 5.74) is 1.51. The zero-order valence-corrected chi connectivity index (χ0v) is 15.7. The number of aromatic carboxylic acids is 1. The molecule has 2 N–H and O–H groups in total. The van der Waals surface area contributed by atoms with Gasteiger partial charge in [0.15, 0.2) is 5.78 Å². The number of sulfonamides is 1. The minimum Gasteiger partial charge on any atom is -0.478 e. The predicted octanol–water partition coefficient (Wildman–Crippen LogP) is 4.06. The third-order valence-electron chi connectivity index (χ3n) is 4.15. The van der Waals surface area contributed by atoms with Crippen LogP contribution in [-0.2, 0) is 10.0 Å². The molecule has 3 aromatic rings. The molecule has 0 saturated carbocycles. The lowest BCUT2D eigenvalue weighted by Crippen LogP contribution is -2.16. The number of nitrogens with one attached hydrogen (secondary N) is 1. The van der Waals surface area contributed by atoms with Crippen LogP contribution in [0.5, 0.6) is 0 Å². The Hall–Kier alpha value is -3.45. The number of carboxylic acids is 1. The Bertz CT molecular complexity index is 1150. The van der Waals surface area contributed by atoms with Crippen molar-refractivity contribution in [2.75, 3.05) is 4.72 Å². The van der Waals surface area contributed by atoms with Gasteiger partial charge in [-0.15, -0.1) is 0 Å². The first-order valence-electron chi connectivity index (χ1n) is 8.34. The van der Waals surface area contributed by atoms with Crippen molar-refractivity contribution in [2.45, 2.75) is 11.8 Å². The second-order valence-corrected chi connectivity index (χ2v) is 7.80. The van der Waals surface area contributed by atoms with Gasteiger partial charge >= 0.3 is 5.97 Å². The van der Waals surface area contributed by atoms with E-state index in [-0.39, 0.29) is 27.5 Å². The van der Waals surface area contributed by atoms with E-state index < -0.39 is 16.0 Å². The SMILES string of the molecule is CC(=O)c1cccc(S(=O)(=O)Nc2cc(-c3ccccc3)ccc2C(=O)O)c1. The molecule has 0 heterocycles. The molecular weight excluding hydrogens is 378 g/mol. The van der Waals surface area contributed by atoms with E-state index in [4.69, 9.17) is 0 Å². The highest BCUT2D eigenvalue weighted by atomic mass is 32.2. The van der Waals surface area contributed by atoms with Crippen LogP contribution < -0.4 is 4.72 Å². The van der Waals surface area contributed by atoms with E-state index in [0.717, 1.165) is 5.56 Å². The number of anilines is 1. The summed E-state index contributed by atoms with van der Waals surface area (Å²) in [6.07, 6.45) is 0. The molecule has 0 bridgehead atoms. The summed E-state index contributed by atoms with van der Waals surface area (Å²) in [7, 11) is -4.09. The lowest BCUT2D eigenvalue weighted by atomic mass is 10.0. The van der Waals surface area contributed by atoms with Crippen LogP contribution in [0.15, 0.2) is 77.7 Å². The summed E-state index contributed by atoms with van der Waals surface area (Å²) in [5.74, 6) is -1.52. The van der Waals surface area contributed by atoms with Crippen molar-refractivity contribution in [3.8, 4) is 11.1 Å². The van der Waals surface area contributed by atoms with Crippen molar-refractivity contribution in [3.05, 3.63) is 83.9 Å². The molecule has 7 heteroatoms. The largest absolute Gasteiger partial charge is 0.478 e. The molecule has 0 aliphatic heterocycles. The van der Waals surface area contributed by atoms with Crippen LogP contribution in [0, 0.1) is 0 Å². The van der Waals surface area contributed by atoms with E-state index in [1.54, 1.807) is 6.07 Å². The van der Waals surface area contributed by atoms with Gasteiger partial charge in [0.2, 0.25) is 0 Å². The predicted molar refractivity (Wildman–Crippen MR) is 106 cm³/mol. The number of carboxylic acid groups (broad SMARTS) is 1. The van der Waals surface area contributed by atoms with Gasteiger partial charge in [-0.2, -0.15) is 0 Å². The fourth-order valence-corrected chi connectivity index (χ4v) is 3.83. The van der Waals surface area contributed by atoms with Crippen LogP contribution in [0.25, 0.3) is 11.1 Å². The second-order valence-electron chi connectivity index (χ2n) is 6.12. The third kappa shape index (κ3) is 4.10. The van der Waals surface area contributed by atoms with E-state index in [2.05, 4.69) is 4.72 Å². The van der Waals surface area contributed by atoms with Crippen molar-refractivity contribution in [1.29, 1.82) is 0 Å². The summed E-state index contributed by atoms with van der Waals surface area (Å²) >= 11 is 0. The molecule has 0 aliphatic rings. The van der Waals surface area contributed by atoms with Gasteiger partial charge < -0.3 is 5.11 Å². The summed E-state index contributed by atoms with van der Waals surface area (Å²) < 4.78 is 27.9. The van der Waals surface area contributed by atoms with Crippen molar-refractivity contribution in [2.24, 2.45) is 0 Å². The standard InChI is InChI=1S/C21H17NO5S/c1-14(23)16-8-5-9-18(12-16)28(26,27)22-20-13-17(10-11-19(20)21(24)25)15-6-3-2-4-7-15/h2-13,22H,1H3,(H,24,25). The number of carbonyl (C=O) groups excluding carboxylic acids is 1. The van der Waals surface area contributed by atoms with Crippen LogP contribution in [0.4, 0.5) is 5.69 Å². The van der Waals surface area contributed by atoms with Crippen molar-refractivity contribution in [1.82, 2.24) is 0 Å². The lowest BCUT2D eigenvalue weighted by molar-refractivity contribution is 0.0698. The zero-order chi connectivity index (χ0) is 20.3. The highest BCUT2D eigenvalue weighted by Crippen LogP contribution is 2.28. The van der Waals surface area contributed by atoms with E-state index in [1.807, 2.05) is 30.3 Å². The van der Waals surface area contributed by atoms with Gasteiger partial charge in [0.1, 0.15) is 0 Å². The average molecular weight is 395 g/mol. The number of benzene rings is 3. The van der Waals surface area contributed by atoms with Crippen LogP contribution in [0.3, 0.4) is 0 Å². The summed E-state index contributed by atoms with van der Waals surface area (Å²) in [5, 5.41) is 9.43. The average Bonchev–Trinajstić information content (AvgIpc) is 2.68. The Labute approximate surface area is 162 Å². The van der Waals surface area contributed by atoms with Gasteiger partial charge in [-0.1, -0.05) is 48.5 Å². The monoisotopic (exact) mass is 395 g/mol. The molecule has 0 aliphatic carbocycles. The third-order valence-corrected chi connectivity index (χ3v) is 5.52. The smallest absolute Gasteiger partial charge is 0.337 e. The highest BCUT2D eigenvalue weighted by Gasteiger charge is 2.20. The molecular formula is C21H17NO5S. The van der Waals surface area contributed by atoms with Gasteiger partial charge in [0.05, 0.1) is 16.1 Å². The Morgan fingerprint density at radius 2 is 1.57 bits per heavy atom. The minimum absolute atomic E-state index is 0.0536. The minimum atomic E-state index is -4.09. The quantitative estimate of drug-likeness (QED) is 0.613. The molecule has 3 aromatic carbocycles.